The highest BCUT2D eigenvalue weighted by molar-refractivity contribution is 8.00. The number of carbonyl (C=O) groups excluding carboxylic acids is 1. The summed E-state index contributed by atoms with van der Waals surface area (Å²) in [7, 11) is 0. The molecule has 0 aromatic heterocycles. The van der Waals surface area contributed by atoms with Crippen LogP contribution in [0.5, 0.6) is 5.75 Å². The van der Waals surface area contributed by atoms with Gasteiger partial charge in [-0.1, -0.05) is 37.8 Å². The van der Waals surface area contributed by atoms with Crippen LogP contribution in [0.2, 0.25) is 0 Å². The van der Waals surface area contributed by atoms with E-state index in [1.165, 1.54) is 11.8 Å². The van der Waals surface area contributed by atoms with E-state index in [0.717, 1.165) is 38.5 Å². The zero-order valence-electron chi connectivity index (χ0n) is 12.0. The molecule has 0 heterocycles. The van der Waals surface area contributed by atoms with Crippen LogP contribution in [0.1, 0.15) is 38.5 Å². The van der Waals surface area contributed by atoms with Gasteiger partial charge in [0.1, 0.15) is 11.3 Å². The monoisotopic (exact) mass is 304 g/mol. The number of para-hydroxylation sites is 1. The van der Waals surface area contributed by atoms with Gasteiger partial charge in [-0.15, -0.1) is 11.8 Å². The van der Waals surface area contributed by atoms with E-state index in [1.54, 1.807) is 18.2 Å². The summed E-state index contributed by atoms with van der Waals surface area (Å²) in [5, 5.41) is 22.0. The van der Waals surface area contributed by atoms with Crippen LogP contribution in [0.3, 0.4) is 0 Å². The van der Waals surface area contributed by atoms with Gasteiger partial charge in [-0.3, -0.25) is 4.79 Å². The first kappa shape index (κ1) is 15.7. The number of aromatic hydroxyl groups is 1. The maximum Gasteiger partial charge on any atom is 0.231 e. The molecule has 21 heavy (non-hydrogen) atoms. The zero-order valence-corrected chi connectivity index (χ0v) is 12.8. The van der Waals surface area contributed by atoms with Crippen molar-refractivity contribution < 1.29 is 9.90 Å². The highest BCUT2D eigenvalue weighted by Gasteiger charge is 2.32. The topological polar surface area (TPSA) is 73.1 Å². The molecule has 1 fully saturated rings. The molecule has 1 aromatic carbocycles. The van der Waals surface area contributed by atoms with E-state index >= 15 is 0 Å². The van der Waals surface area contributed by atoms with Gasteiger partial charge in [-0.2, -0.15) is 5.26 Å². The molecular weight excluding hydrogens is 284 g/mol. The average Bonchev–Trinajstić information content (AvgIpc) is 2.72. The first-order valence-corrected chi connectivity index (χ1v) is 8.27. The van der Waals surface area contributed by atoms with Gasteiger partial charge in [0.05, 0.1) is 11.8 Å². The number of hydrogen-bond acceptors (Lipinski definition) is 4. The van der Waals surface area contributed by atoms with Crippen LogP contribution >= 0.6 is 11.8 Å². The quantitative estimate of drug-likeness (QED) is 0.661. The first-order chi connectivity index (χ1) is 10.2. The van der Waals surface area contributed by atoms with Crippen LogP contribution in [-0.2, 0) is 4.79 Å². The lowest BCUT2D eigenvalue weighted by Crippen LogP contribution is -2.47. The third kappa shape index (κ3) is 4.40. The van der Waals surface area contributed by atoms with Crippen LogP contribution < -0.4 is 5.32 Å². The largest absolute Gasteiger partial charge is 0.507 e. The highest BCUT2D eigenvalue weighted by atomic mass is 32.2. The predicted octanol–water partition coefficient (Wildman–Crippen LogP) is 3.22. The molecule has 4 nitrogen and oxygen atoms in total. The van der Waals surface area contributed by atoms with E-state index < -0.39 is 5.54 Å². The Labute approximate surface area is 129 Å². The fourth-order valence-corrected chi connectivity index (χ4v) is 3.37. The van der Waals surface area contributed by atoms with Gasteiger partial charge in [0.2, 0.25) is 5.91 Å². The number of nitrogens with zero attached hydrogens (tertiary/aromatic N) is 1. The zero-order chi connectivity index (χ0) is 15.1. The maximum absolute atomic E-state index is 12.1. The van der Waals surface area contributed by atoms with Gasteiger partial charge in [-0.25, -0.2) is 0 Å². The van der Waals surface area contributed by atoms with Gasteiger partial charge in [0, 0.05) is 4.90 Å². The van der Waals surface area contributed by atoms with Gasteiger partial charge in [0.25, 0.3) is 0 Å². The van der Waals surface area contributed by atoms with Gasteiger partial charge in [0.15, 0.2) is 0 Å². The van der Waals surface area contributed by atoms with Crippen LogP contribution in [0, 0.1) is 11.3 Å². The van der Waals surface area contributed by atoms with Crippen LogP contribution in [0.25, 0.3) is 0 Å². The molecule has 112 valence electrons. The van der Waals surface area contributed by atoms with Crippen LogP contribution in [0.4, 0.5) is 0 Å². The van der Waals surface area contributed by atoms with Gasteiger partial charge >= 0.3 is 0 Å². The summed E-state index contributed by atoms with van der Waals surface area (Å²) < 4.78 is 0. The van der Waals surface area contributed by atoms with E-state index in [0.29, 0.717) is 4.90 Å². The van der Waals surface area contributed by atoms with Crippen molar-refractivity contribution in [2.45, 2.75) is 49.0 Å². The summed E-state index contributed by atoms with van der Waals surface area (Å²) in [6.07, 6.45) is 5.70. The average molecular weight is 304 g/mol. The number of nitriles is 1. The van der Waals surface area contributed by atoms with Crippen LogP contribution in [-0.4, -0.2) is 22.3 Å². The van der Waals surface area contributed by atoms with Gasteiger partial charge in [-0.05, 0) is 25.0 Å². The Morgan fingerprint density at radius 3 is 2.57 bits per heavy atom. The lowest BCUT2D eigenvalue weighted by Gasteiger charge is -2.26. The van der Waals surface area contributed by atoms with E-state index in [1.807, 2.05) is 6.07 Å². The number of phenolic OH excluding ortho intramolecular Hbond substituents is 1. The molecule has 2 rings (SSSR count). The molecule has 0 radical (unpaired) electrons. The number of benzene rings is 1. The third-order valence-electron chi connectivity index (χ3n) is 3.77. The number of hydrogen-bond donors (Lipinski definition) is 2. The SMILES string of the molecule is N#CC1(NC(=O)CSc2ccccc2O)CCCCCC1. The number of nitrogens with one attached hydrogen (secondary N) is 1. The molecule has 1 saturated carbocycles. The number of rotatable bonds is 4. The molecule has 0 saturated heterocycles. The van der Waals surface area contributed by atoms with Crippen molar-refractivity contribution >= 4 is 17.7 Å². The summed E-state index contributed by atoms with van der Waals surface area (Å²) in [5.74, 6) is 0.243. The number of carbonyl (C=O) groups is 1. The van der Waals surface area contributed by atoms with Crippen molar-refractivity contribution in [1.29, 1.82) is 5.26 Å². The molecule has 0 spiro atoms. The lowest BCUT2D eigenvalue weighted by molar-refractivity contribution is -0.120. The van der Waals surface area contributed by atoms with Gasteiger partial charge < -0.3 is 10.4 Å². The first-order valence-electron chi connectivity index (χ1n) is 7.28. The second kappa shape index (κ2) is 7.37. The minimum atomic E-state index is -0.702. The van der Waals surface area contributed by atoms with Crippen molar-refractivity contribution in [2.24, 2.45) is 0 Å². The Morgan fingerprint density at radius 2 is 1.95 bits per heavy atom. The van der Waals surface area contributed by atoms with E-state index in [2.05, 4.69) is 11.4 Å². The lowest BCUT2D eigenvalue weighted by atomic mass is 9.92. The maximum atomic E-state index is 12.1. The molecule has 0 aliphatic heterocycles. The summed E-state index contributed by atoms with van der Waals surface area (Å²) in [6, 6.07) is 9.25. The summed E-state index contributed by atoms with van der Waals surface area (Å²) in [6.45, 7) is 0. The summed E-state index contributed by atoms with van der Waals surface area (Å²) in [5.41, 5.74) is -0.702. The molecule has 0 atom stereocenters. The van der Waals surface area contributed by atoms with E-state index in [4.69, 9.17) is 0 Å². The summed E-state index contributed by atoms with van der Waals surface area (Å²) >= 11 is 1.29. The molecule has 0 bridgehead atoms. The minimum Gasteiger partial charge on any atom is -0.507 e. The molecule has 2 N–H and O–H groups in total. The van der Waals surface area contributed by atoms with Crippen molar-refractivity contribution in [3.05, 3.63) is 24.3 Å². The fraction of sp³-hybridized carbons (Fsp3) is 0.500. The molecule has 0 unspecified atom stereocenters. The van der Waals surface area contributed by atoms with E-state index in [9.17, 15) is 15.2 Å². The van der Waals surface area contributed by atoms with E-state index in [-0.39, 0.29) is 17.4 Å². The van der Waals surface area contributed by atoms with Crippen molar-refractivity contribution in [3.8, 4) is 11.8 Å². The molecule has 1 amide bonds. The highest BCUT2D eigenvalue weighted by Crippen LogP contribution is 2.29. The predicted molar refractivity (Wildman–Crippen MR) is 83.0 cm³/mol. The molecule has 1 aliphatic carbocycles. The molecular formula is C16H20N2O2S. The Morgan fingerprint density at radius 1 is 1.29 bits per heavy atom. The standard InChI is InChI=1S/C16H20N2O2S/c17-12-16(9-5-1-2-6-10-16)18-15(20)11-21-14-8-4-3-7-13(14)19/h3-4,7-8,19H,1-2,5-6,9-11H2,(H,18,20). The second-order valence-corrected chi connectivity index (χ2v) is 6.43. The molecule has 5 heteroatoms. The van der Waals surface area contributed by atoms with Crippen molar-refractivity contribution in [2.75, 3.05) is 5.75 Å². The Balaban J connectivity index is 1.91. The molecule has 1 aliphatic rings. The fourth-order valence-electron chi connectivity index (χ4n) is 2.62. The number of thioether (sulfide) groups is 1. The van der Waals surface area contributed by atoms with Crippen molar-refractivity contribution in [3.63, 3.8) is 0 Å². The number of amides is 1. The third-order valence-corrected chi connectivity index (χ3v) is 4.84. The number of phenols is 1. The normalized spacial score (nSPS) is 17.5. The van der Waals surface area contributed by atoms with Crippen LogP contribution in [0.15, 0.2) is 29.2 Å². The molecule has 1 aromatic rings. The Hall–Kier alpha value is -1.67. The Kier molecular flexibility index (Phi) is 5.51. The minimum absolute atomic E-state index is 0.147. The Bertz CT molecular complexity index is 531. The second-order valence-electron chi connectivity index (χ2n) is 5.41. The van der Waals surface area contributed by atoms with Crippen molar-refractivity contribution in [1.82, 2.24) is 5.32 Å². The smallest absolute Gasteiger partial charge is 0.231 e. The summed E-state index contributed by atoms with van der Waals surface area (Å²) in [4.78, 5) is 12.8.